The van der Waals surface area contributed by atoms with Gasteiger partial charge in [0.05, 0.1) is 25.4 Å². The third-order valence-corrected chi connectivity index (χ3v) is 7.81. The molecule has 0 radical (unpaired) electrons. The molecule has 3 aliphatic heterocycles. The molecule has 0 spiro atoms. The number of aliphatic hydroxyl groups is 8. The van der Waals surface area contributed by atoms with E-state index in [1.807, 2.05) is 0 Å². The Morgan fingerprint density at radius 2 is 1.43 bits per heavy atom. The molecule has 15 atom stereocenters. The summed E-state index contributed by atoms with van der Waals surface area (Å²) in [6.07, 6.45) is -20.3. The Morgan fingerprint density at radius 3 is 2.07 bits per heavy atom. The van der Waals surface area contributed by atoms with Gasteiger partial charge in [-0.1, -0.05) is 18.2 Å². The first-order valence-corrected chi connectivity index (χ1v) is 14.1. The number of hydrogen-bond acceptors (Lipinski definition) is 15. The maximum Gasteiger partial charge on any atom is 0.251 e. The second-order valence-corrected chi connectivity index (χ2v) is 11.0. The number of rotatable bonds is 9. The van der Waals surface area contributed by atoms with E-state index in [2.05, 4.69) is 10.6 Å². The number of benzene rings is 1. The van der Waals surface area contributed by atoms with E-state index >= 15 is 0 Å². The summed E-state index contributed by atoms with van der Waals surface area (Å²) in [5.41, 5.74) is 0.287. The summed E-state index contributed by atoms with van der Waals surface area (Å²) < 4.78 is 28.5. The SMILES string of the molecule is CC(=O)N[C@H]1[C@H](O[C@@H]2[C@@H](OC[C@H]3O[C@@H](O)[C@H](O)[C@@H](O)[C@@H]3O)O[C@H](C)[C@@H](NC(=O)c3ccccc3)[C@@H]2O)O[C@H](CO)[C@@H](O)[C@@H]1O. The lowest BCUT2D eigenvalue weighted by molar-refractivity contribution is -0.350. The molecule has 2 amide bonds. The van der Waals surface area contributed by atoms with Crippen LogP contribution >= 0.6 is 0 Å². The van der Waals surface area contributed by atoms with Crippen molar-refractivity contribution in [1.82, 2.24) is 10.6 Å². The second-order valence-electron chi connectivity index (χ2n) is 11.0. The van der Waals surface area contributed by atoms with Crippen LogP contribution in [0.4, 0.5) is 0 Å². The minimum absolute atomic E-state index is 0.287. The number of nitrogens with one attached hydrogen (secondary N) is 2. The molecule has 0 saturated carbocycles. The molecule has 3 saturated heterocycles. The molecule has 0 aromatic heterocycles. The zero-order valence-electron chi connectivity index (χ0n) is 23.9. The highest BCUT2D eigenvalue weighted by molar-refractivity contribution is 5.94. The van der Waals surface area contributed by atoms with E-state index in [9.17, 15) is 50.4 Å². The van der Waals surface area contributed by atoms with Crippen molar-refractivity contribution in [2.24, 2.45) is 0 Å². The minimum Gasteiger partial charge on any atom is -0.394 e. The summed E-state index contributed by atoms with van der Waals surface area (Å²) in [5.74, 6) is -1.18. The van der Waals surface area contributed by atoms with Crippen LogP contribution in [0.5, 0.6) is 0 Å². The van der Waals surface area contributed by atoms with Crippen LogP contribution in [0.3, 0.4) is 0 Å². The molecule has 3 aliphatic rings. The van der Waals surface area contributed by atoms with Gasteiger partial charge in [0.15, 0.2) is 18.9 Å². The molecule has 0 unspecified atom stereocenters. The van der Waals surface area contributed by atoms with E-state index < -0.39 is 117 Å². The molecule has 1 aromatic rings. The third kappa shape index (κ3) is 7.53. The van der Waals surface area contributed by atoms with Crippen molar-refractivity contribution in [3.8, 4) is 0 Å². The lowest BCUT2D eigenvalue weighted by Gasteiger charge is -2.48. The van der Waals surface area contributed by atoms with Crippen LogP contribution in [0.15, 0.2) is 30.3 Å². The van der Waals surface area contributed by atoms with Gasteiger partial charge >= 0.3 is 0 Å². The Bertz CT molecular complexity index is 1100. The number of amides is 2. The molecule has 0 aliphatic carbocycles. The molecular formula is C27H40N2O15. The van der Waals surface area contributed by atoms with Crippen molar-refractivity contribution in [3.05, 3.63) is 35.9 Å². The van der Waals surface area contributed by atoms with E-state index in [0.717, 1.165) is 6.92 Å². The Kier molecular flexibility index (Phi) is 11.6. The van der Waals surface area contributed by atoms with Crippen LogP contribution in [0.2, 0.25) is 0 Å². The predicted molar refractivity (Wildman–Crippen MR) is 143 cm³/mol. The van der Waals surface area contributed by atoms with Gasteiger partial charge < -0.3 is 75.2 Å². The lowest BCUT2D eigenvalue weighted by atomic mass is 9.94. The van der Waals surface area contributed by atoms with Crippen molar-refractivity contribution < 1.29 is 74.1 Å². The molecule has 1 aromatic carbocycles. The summed E-state index contributed by atoms with van der Waals surface area (Å²) in [7, 11) is 0. The van der Waals surface area contributed by atoms with Gasteiger partial charge in [0.25, 0.3) is 5.91 Å². The van der Waals surface area contributed by atoms with Gasteiger partial charge in [-0.2, -0.15) is 0 Å². The Labute approximate surface area is 251 Å². The normalized spacial score (nSPS) is 42.8. The van der Waals surface area contributed by atoms with E-state index in [-0.39, 0.29) is 5.56 Å². The Balaban J connectivity index is 1.59. The van der Waals surface area contributed by atoms with E-state index in [1.54, 1.807) is 30.3 Å². The Hall–Kier alpha value is -2.36. The van der Waals surface area contributed by atoms with Gasteiger partial charge in [0.2, 0.25) is 5.91 Å². The first-order chi connectivity index (χ1) is 20.8. The lowest BCUT2D eigenvalue weighted by Crippen LogP contribution is -2.69. The number of ether oxygens (including phenoxy) is 5. The van der Waals surface area contributed by atoms with Crippen LogP contribution in [-0.2, 0) is 28.5 Å². The van der Waals surface area contributed by atoms with Crippen molar-refractivity contribution in [1.29, 1.82) is 0 Å². The fraction of sp³-hybridized carbons (Fsp3) is 0.704. The van der Waals surface area contributed by atoms with Gasteiger partial charge in [-0.3, -0.25) is 9.59 Å². The molecule has 44 heavy (non-hydrogen) atoms. The summed E-state index contributed by atoms with van der Waals surface area (Å²) in [6, 6.07) is 5.62. The summed E-state index contributed by atoms with van der Waals surface area (Å²) in [6.45, 7) is 1.37. The minimum atomic E-state index is -1.85. The molecule has 248 valence electrons. The highest BCUT2D eigenvalue weighted by atomic mass is 16.8. The van der Waals surface area contributed by atoms with Crippen molar-refractivity contribution in [3.63, 3.8) is 0 Å². The number of aliphatic hydroxyl groups excluding tert-OH is 8. The molecule has 10 N–H and O–H groups in total. The zero-order valence-corrected chi connectivity index (χ0v) is 23.9. The van der Waals surface area contributed by atoms with Crippen LogP contribution in [0.1, 0.15) is 24.2 Å². The van der Waals surface area contributed by atoms with Crippen molar-refractivity contribution in [2.75, 3.05) is 13.2 Å². The van der Waals surface area contributed by atoms with Gasteiger partial charge in [0.1, 0.15) is 61.0 Å². The standard InChI is InChI=1S/C27H40N2O15/c1-10-15(29-24(38)12-6-4-3-5-7-12)20(35)23(27(41-10)40-9-14-18(33)21(36)22(37)25(39)42-14)44-26-16(28-11(2)31)19(34)17(32)13(8-30)43-26/h3-7,10,13-23,25-27,30,32-37,39H,8-9H2,1-2H3,(H,28,31)(H,29,38)/t10-,13-,14-,15-,16-,17-,18-,19-,20+,21+,22-,23+,25-,26+,27+/m1/s1. The molecule has 4 rings (SSSR count). The molecule has 3 fully saturated rings. The maximum atomic E-state index is 13.0. The number of hydrogen-bond donors (Lipinski definition) is 10. The zero-order chi connectivity index (χ0) is 32.3. The van der Waals surface area contributed by atoms with Crippen LogP contribution in [0.25, 0.3) is 0 Å². The highest BCUT2D eigenvalue weighted by Crippen LogP contribution is 2.31. The number of carbonyl (C=O) groups is 2. The van der Waals surface area contributed by atoms with Crippen LogP contribution in [-0.4, -0.2) is 158 Å². The summed E-state index contributed by atoms with van der Waals surface area (Å²) in [4.78, 5) is 24.9. The maximum absolute atomic E-state index is 13.0. The summed E-state index contributed by atoms with van der Waals surface area (Å²) in [5, 5.41) is 87.4. The quantitative estimate of drug-likeness (QED) is 0.122. The Morgan fingerprint density at radius 1 is 0.773 bits per heavy atom. The predicted octanol–water partition coefficient (Wildman–Crippen LogP) is -4.96. The fourth-order valence-electron chi connectivity index (χ4n) is 5.32. The number of carbonyl (C=O) groups excluding carboxylic acids is 2. The largest absolute Gasteiger partial charge is 0.394 e. The molecule has 17 heteroatoms. The molecule has 0 bridgehead atoms. The average Bonchev–Trinajstić information content (AvgIpc) is 3.00. The van der Waals surface area contributed by atoms with Gasteiger partial charge in [-0.15, -0.1) is 0 Å². The van der Waals surface area contributed by atoms with Crippen LogP contribution < -0.4 is 10.6 Å². The van der Waals surface area contributed by atoms with Crippen molar-refractivity contribution in [2.45, 2.75) is 106 Å². The molecule has 17 nitrogen and oxygen atoms in total. The topological polar surface area (TPSA) is 266 Å². The van der Waals surface area contributed by atoms with Crippen LogP contribution in [0, 0.1) is 0 Å². The monoisotopic (exact) mass is 632 g/mol. The van der Waals surface area contributed by atoms with E-state index in [4.69, 9.17) is 23.7 Å². The molecule has 3 heterocycles. The van der Waals surface area contributed by atoms with E-state index in [1.165, 1.54) is 6.92 Å². The van der Waals surface area contributed by atoms with Gasteiger partial charge in [-0.05, 0) is 19.1 Å². The van der Waals surface area contributed by atoms with Gasteiger partial charge in [0, 0.05) is 12.5 Å². The average molecular weight is 633 g/mol. The van der Waals surface area contributed by atoms with E-state index in [0.29, 0.717) is 0 Å². The van der Waals surface area contributed by atoms with Crippen molar-refractivity contribution >= 4 is 11.8 Å². The second kappa shape index (κ2) is 14.8. The smallest absolute Gasteiger partial charge is 0.251 e. The fourth-order valence-corrected chi connectivity index (χ4v) is 5.32. The third-order valence-electron chi connectivity index (χ3n) is 7.81. The molecular weight excluding hydrogens is 592 g/mol. The first kappa shape index (κ1) is 34.5. The van der Waals surface area contributed by atoms with Gasteiger partial charge in [-0.25, -0.2) is 0 Å². The highest BCUT2D eigenvalue weighted by Gasteiger charge is 2.52. The first-order valence-electron chi connectivity index (χ1n) is 14.1. The summed E-state index contributed by atoms with van der Waals surface area (Å²) >= 11 is 0.